The number of carbonyl (C=O) groups is 1. The van der Waals surface area contributed by atoms with Crippen LogP contribution in [0.4, 0.5) is 11.4 Å². The highest BCUT2D eigenvalue weighted by Crippen LogP contribution is 2.20. The van der Waals surface area contributed by atoms with E-state index < -0.39 is 4.92 Å². The molecular formula is C6H5N3O3. The highest BCUT2D eigenvalue weighted by atomic mass is 16.6. The molecule has 1 heterocycles. The van der Waals surface area contributed by atoms with E-state index in [1.54, 1.807) is 0 Å². The van der Waals surface area contributed by atoms with E-state index in [4.69, 9.17) is 0 Å². The molecule has 62 valence electrons. The van der Waals surface area contributed by atoms with Gasteiger partial charge >= 0.3 is 5.69 Å². The molecule has 0 aromatic carbocycles. The number of nitro groups is 1. The molecule has 0 fully saturated rings. The number of rotatable bonds is 3. The van der Waals surface area contributed by atoms with Crippen LogP contribution in [0.2, 0.25) is 0 Å². The third-order valence-corrected chi connectivity index (χ3v) is 1.21. The quantitative estimate of drug-likeness (QED) is 0.405. The van der Waals surface area contributed by atoms with E-state index in [9.17, 15) is 14.9 Å². The van der Waals surface area contributed by atoms with Gasteiger partial charge < -0.3 is 5.32 Å². The third-order valence-electron chi connectivity index (χ3n) is 1.21. The molecular weight excluding hydrogens is 162 g/mol. The van der Waals surface area contributed by atoms with Crippen LogP contribution in [-0.4, -0.2) is 16.3 Å². The molecule has 1 amide bonds. The summed E-state index contributed by atoms with van der Waals surface area (Å²) in [6.07, 6.45) is 2.81. The van der Waals surface area contributed by atoms with Gasteiger partial charge in [0.25, 0.3) is 0 Å². The fraction of sp³-hybridized carbons (Fsp3) is 0. The lowest BCUT2D eigenvalue weighted by molar-refractivity contribution is -0.384. The predicted molar refractivity (Wildman–Crippen MR) is 40.6 cm³/mol. The minimum atomic E-state index is -0.612. The molecule has 1 rings (SSSR count). The van der Waals surface area contributed by atoms with Gasteiger partial charge in [-0.15, -0.1) is 0 Å². The number of hydrogen-bond acceptors (Lipinski definition) is 4. The van der Waals surface area contributed by atoms with Gasteiger partial charge in [-0.3, -0.25) is 19.9 Å². The molecule has 0 bridgehead atoms. The SMILES string of the molecule is O=CNc1ccncc1[N+](=O)[O-]. The average molecular weight is 167 g/mol. The zero-order chi connectivity index (χ0) is 8.97. The highest BCUT2D eigenvalue weighted by molar-refractivity contribution is 5.76. The first-order valence-corrected chi connectivity index (χ1v) is 3.04. The molecule has 0 unspecified atom stereocenters. The number of anilines is 1. The van der Waals surface area contributed by atoms with E-state index in [1.807, 2.05) is 0 Å². The van der Waals surface area contributed by atoms with Gasteiger partial charge in [0.05, 0.1) is 4.92 Å². The van der Waals surface area contributed by atoms with Crippen LogP contribution in [-0.2, 0) is 4.79 Å². The second-order valence-corrected chi connectivity index (χ2v) is 1.91. The smallest absolute Gasteiger partial charge is 0.310 e. The summed E-state index contributed by atoms with van der Waals surface area (Å²) in [7, 11) is 0. The molecule has 0 aliphatic heterocycles. The summed E-state index contributed by atoms with van der Waals surface area (Å²) < 4.78 is 0. The molecule has 0 radical (unpaired) electrons. The lowest BCUT2D eigenvalue weighted by atomic mass is 10.3. The van der Waals surface area contributed by atoms with E-state index in [0.717, 1.165) is 6.20 Å². The summed E-state index contributed by atoms with van der Waals surface area (Å²) in [4.78, 5) is 23.2. The van der Waals surface area contributed by atoms with Gasteiger partial charge in [-0.25, -0.2) is 0 Å². The average Bonchev–Trinajstić information content (AvgIpc) is 2.05. The van der Waals surface area contributed by atoms with Crippen LogP contribution < -0.4 is 5.32 Å². The Labute approximate surface area is 67.4 Å². The van der Waals surface area contributed by atoms with E-state index in [-0.39, 0.29) is 11.4 Å². The number of hydrogen-bond donors (Lipinski definition) is 1. The van der Waals surface area contributed by atoms with E-state index >= 15 is 0 Å². The summed E-state index contributed by atoms with van der Waals surface area (Å²) in [5.74, 6) is 0. The Balaban J connectivity index is 3.07. The van der Waals surface area contributed by atoms with Crippen molar-refractivity contribution in [2.24, 2.45) is 0 Å². The van der Waals surface area contributed by atoms with Crippen LogP contribution >= 0.6 is 0 Å². The van der Waals surface area contributed by atoms with Crippen molar-refractivity contribution in [3.05, 3.63) is 28.6 Å². The Morgan fingerprint density at radius 2 is 2.42 bits per heavy atom. The van der Waals surface area contributed by atoms with Gasteiger partial charge in [-0.05, 0) is 6.07 Å². The van der Waals surface area contributed by atoms with Crippen molar-refractivity contribution in [2.45, 2.75) is 0 Å². The number of nitrogens with zero attached hydrogens (tertiary/aromatic N) is 2. The maximum atomic E-state index is 10.3. The van der Waals surface area contributed by atoms with E-state index in [1.165, 1.54) is 12.3 Å². The molecule has 0 aliphatic rings. The monoisotopic (exact) mass is 167 g/mol. The minimum Gasteiger partial charge on any atom is -0.323 e. The van der Waals surface area contributed by atoms with Crippen LogP contribution in [0.1, 0.15) is 0 Å². The van der Waals surface area contributed by atoms with Crippen LogP contribution in [0.3, 0.4) is 0 Å². The molecule has 0 saturated heterocycles. The van der Waals surface area contributed by atoms with E-state index in [0.29, 0.717) is 6.41 Å². The van der Waals surface area contributed by atoms with Crippen LogP contribution in [0.25, 0.3) is 0 Å². The molecule has 0 spiro atoms. The van der Waals surface area contributed by atoms with Crippen molar-refractivity contribution in [2.75, 3.05) is 5.32 Å². The third kappa shape index (κ3) is 1.54. The summed E-state index contributed by atoms with van der Waals surface area (Å²) in [6.45, 7) is 0. The summed E-state index contributed by atoms with van der Waals surface area (Å²) in [5, 5.41) is 12.5. The number of aromatic nitrogens is 1. The lowest BCUT2D eigenvalue weighted by Gasteiger charge is -1.97. The zero-order valence-corrected chi connectivity index (χ0v) is 5.93. The normalized spacial score (nSPS) is 9.00. The minimum absolute atomic E-state index is 0.144. The Morgan fingerprint density at radius 3 is 3.00 bits per heavy atom. The molecule has 0 atom stereocenters. The first-order chi connectivity index (χ1) is 5.75. The maximum Gasteiger partial charge on any atom is 0.310 e. The van der Waals surface area contributed by atoms with Crippen molar-refractivity contribution in [1.82, 2.24) is 4.98 Å². The first kappa shape index (κ1) is 8.12. The van der Waals surface area contributed by atoms with Gasteiger partial charge in [0.2, 0.25) is 6.41 Å². The van der Waals surface area contributed by atoms with Gasteiger partial charge in [0.1, 0.15) is 11.9 Å². The summed E-state index contributed by atoms with van der Waals surface area (Å²) in [5.41, 5.74) is -0.0744. The summed E-state index contributed by atoms with van der Waals surface area (Å²) >= 11 is 0. The van der Waals surface area contributed by atoms with Crippen molar-refractivity contribution >= 4 is 17.8 Å². The number of pyridine rings is 1. The number of carbonyl (C=O) groups excluding carboxylic acids is 1. The summed E-state index contributed by atoms with van der Waals surface area (Å²) in [6, 6.07) is 1.35. The molecule has 1 aromatic heterocycles. The molecule has 1 N–H and O–H groups in total. The Hall–Kier alpha value is -1.98. The topological polar surface area (TPSA) is 85.1 Å². The maximum absolute atomic E-state index is 10.3. The second kappa shape index (κ2) is 3.42. The van der Waals surface area contributed by atoms with Crippen molar-refractivity contribution in [3.63, 3.8) is 0 Å². The Morgan fingerprint density at radius 1 is 1.67 bits per heavy atom. The Kier molecular flexibility index (Phi) is 2.32. The van der Waals surface area contributed by atoms with Gasteiger partial charge in [-0.2, -0.15) is 0 Å². The molecule has 0 aliphatic carbocycles. The molecule has 6 nitrogen and oxygen atoms in total. The van der Waals surface area contributed by atoms with E-state index in [2.05, 4.69) is 10.3 Å². The molecule has 0 saturated carbocycles. The van der Waals surface area contributed by atoms with Crippen molar-refractivity contribution in [1.29, 1.82) is 0 Å². The standard InChI is InChI=1S/C6H5N3O3/c10-4-8-5-1-2-7-3-6(5)9(11)12/h1-4H,(H,7,8,10). The number of nitrogens with one attached hydrogen (secondary N) is 1. The predicted octanol–water partition coefficient (Wildman–Crippen LogP) is 0.558. The Bertz CT molecular complexity index is 313. The second-order valence-electron chi connectivity index (χ2n) is 1.91. The lowest BCUT2D eigenvalue weighted by Crippen LogP contribution is -1.99. The van der Waals surface area contributed by atoms with Gasteiger partial charge in [0.15, 0.2) is 0 Å². The molecule has 6 heteroatoms. The van der Waals surface area contributed by atoms with Crippen LogP contribution in [0.5, 0.6) is 0 Å². The highest BCUT2D eigenvalue weighted by Gasteiger charge is 2.11. The molecule has 1 aromatic rings. The van der Waals surface area contributed by atoms with Crippen molar-refractivity contribution < 1.29 is 9.72 Å². The number of amides is 1. The van der Waals surface area contributed by atoms with Gasteiger partial charge in [-0.1, -0.05) is 0 Å². The first-order valence-electron chi connectivity index (χ1n) is 3.04. The van der Waals surface area contributed by atoms with Crippen LogP contribution in [0.15, 0.2) is 18.5 Å². The van der Waals surface area contributed by atoms with Crippen LogP contribution in [0, 0.1) is 10.1 Å². The molecule has 12 heavy (non-hydrogen) atoms. The fourth-order valence-corrected chi connectivity index (χ4v) is 0.717. The fourth-order valence-electron chi connectivity index (χ4n) is 0.717. The van der Waals surface area contributed by atoms with Gasteiger partial charge in [0, 0.05) is 6.20 Å². The zero-order valence-electron chi connectivity index (χ0n) is 5.93. The van der Waals surface area contributed by atoms with Crippen molar-refractivity contribution in [3.8, 4) is 0 Å². The largest absolute Gasteiger partial charge is 0.323 e.